The monoisotopic (exact) mass is 477 g/mol. The van der Waals surface area contributed by atoms with E-state index in [4.69, 9.17) is 32.7 Å². The van der Waals surface area contributed by atoms with Crippen molar-refractivity contribution in [1.82, 2.24) is 5.01 Å². The van der Waals surface area contributed by atoms with Gasteiger partial charge in [-0.15, -0.1) is 0 Å². The molecule has 0 bridgehead atoms. The fraction of sp³-hybridized carbons (Fsp3) is 0.417. The fourth-order valence-electron chi connectivity index (χ4n) is 3.44. The highest BCUT2D eigenvalue weighted by atomic mass is 35.5. The zero-order valence-corrected chi connectivity index (χ0v) is 20.1. The number of ether oxygens (including phenoxy) is 2. The molecule has 1 N–H and O–H groups in total. The summed E-state index contributed by atoms with van der Waals surface area (Å²) in [5, 5.41) is 10.4. The molecule has 0 aromatic heterocycles. The molecule has 3 rings (SSSR count). The smallest absolute Gasteiger partial charge is 0.248 e. The summed E-state index contributed by atoms with van der Waals surface area (Å²) in [6.45, 7) is 5.39. The van der Waals surface area contributed by atoms with E-state index >= 15 is 0 Å². The molecule has 1 aliphatic rings. The molecule has 172 valence electrons. The van der Waals surface area contributed by atoms with Gasteiger partial charge in [0, 0.05) is 23.9 Å². The largest absolute Gasteiger partial charge is 0.493 e. The van der Waals surface area contributed by atoms with Crippen LogP contribution in [0.5, 0.6) is 11.5 Å². The second-order valence-corrected chi connectivity index (χ2v) is 8.93. The topological polar surface area (TPSA) is 63.2 Å². The number of rotatable bonds is 8. The van der Waals surface area contributed by atoms with Gasteiger partial charge >= 0.3 is 0 Å². The van der Waals surface area contributed by atoms with Crippen LogP contribution in [0.25, 0.3) is 0 Å². The standard InChI is InChI=1S/C24H29Cl2N3O3/c1-16(2)15-32-23-13-17(10-11-22(23)31-3)28-24(30)21-9-4-5-12-29(21)27-14-18-19(25)7-6-8-20(18)26/h6-8,10-11,13-14,16,21H,4-5,9,12,15H2,1-3H3,(H,28,30)/b27-14-/t21-/m1/s1. The summed E-state index contributed by atoms with van der Waals surface area (Å²) in [7, 11) is 1.60. The summed E-state index contributed by atoms with van der Waals surface area (Å²) < 4.78 is 11.2. The van der Waals surface area contributed by atoms with Crippen LogP contribution in [-0.4, -0.2) is 43.4 Å². The second-order valence-electron chi connectivity index (χ2n) is 8.11. The van der Waals surface area contributed by atoms with E-state index in [1.165, 1.54) is 0 Å². The number of carbonyl (C=O) groups is 1. The average Bonchev–Trinajstić information content (AvgIpc) is 2.77. The Morgan fingerprint density at radius 2 is 1.97 bits per heavy atom. The van der Waals surface area contributed by atoms with Gasteiger partial charge < -0.3 is 14.8 Å². The van der Waals surface area contributed by atoms with Crippen LogP contribution in [0.15, 0.2) is 41.5 Å². The maximum atomic E-state index is 13.1. The van der Waals surface area contributed by atoms with Gasteiger partial charge in [-0.1, -0.05) is 43.1 Å². The van der Waals surface area contributed by atoms with Gasteiger partial charge in [0.05, 0.1) is 30.0 Å². The lowest BCUT2D eigenvalue weighted by molar-refractivity contribution is -0.122. The predicted octanol–water partition coefficient (Wildman–Crippen LogP) is 5.86. The Kier molecular flexibility index (Phi) is 8.65. The van der Waals surface area contributed by atoms with Gasteiger partial charge in [-0.3, -0.25) is 9.80 Å². The highest BCUT2D eigenvalue weighted by Crippen LogP contribution is 2.31. The second kappa shape index (κ2) is 11.4. The SMILES string of the molecule is COc1ccc(NC(=O)[C@H]2CCCCN2/N=C\c2c(Cl)cccc2Cl)cc1OCC(C)C. The van der Waals surface area contributed by atoms with Crippen molar-refractivity contribution < 1.29 is 14.3 Å². The highest BCUT2D eigenvalue weighted by Gasteiger charge is 2.28. The molecule has 0 radical (unpaired) electrons. The van der Waals surface area contributed by atoms with Crippen molar-refractivity contribution in [3.05, 3.63) is 52.0 Å². The van der Waals surface area contributed by atoms with Crippen molar-refractivity contribution in [2.45, 2.75) is 39.2 Å². The molecule has 1 saturated heterocycles. The highest BCUT2D eigenvalue weighted by molar-refractivity contribution is 6.38. The van der Waals surface area contributed by atoms with Crippen molar-refractivity contribution in [2.24, 2.45) is 11.0 Å². The number of amides is 1. The molecule has 1 atom stereocenters. The lowest BCUT2D eigenvalue weighted by Crippen LogP contribution is -2.44. The maximum absolute atomic E-state index is 13.1. The Bertz CT molecular complexity index is 945. The number of halogens is 2. The molecular weight excluding hydrogens is 449 g/mol. The van der Waals surface area contributed by atoms with E-state index in [1.54, 1.807) is 54.7 Å². The van der Waals surface area contributed by atoms with Gasteiger partial charge in [-0.05, 0) is 49.4 Å². The summed E-state index contributed by atoms with van der Waals surface area (Å²) in [5.74, 6) is 1.49. The number of methoxy groups -OCH3 is 1. The summed E-state index contributed by atoms with van der Waals surface area (Å²) in [6, 6.07) is 10.3. The van der Waals surface area contributed by atoms with Gasteiger partial charge in [0.2, 0.25) is 5.91 Å². The quantitative estimate of drug-likeness (QED) is 0.483. The van der Waals surface area contributed by atoms with E-state index in [9.17, 15) is 4.79 Å². The third-order valence-corrected chi connectivity index (χ3v) is 5.77. The van der Waals surface area contributed by atoms with Gasteiger partial charge in [-0.2, -0.15) is 5.10 Å². The minimum absolute atomic E-state index is 0.118. The first kappa shape index (κ1) is 24.2. The summed E-state index contributed by atoms with van der Waals surface area (Å²) in [4.78, 5) is 13.1. The van der Waals surface area contributed by atoms with Crippen LogP contribution in [-0.2, 0) is 4.79 Å². The molecule has 0 unspecified atom stereocenters. The Labute approximate surface area is 199 Å². The number of hydrazone groups is 1. The molecule has 1 heterocycles. The predicted molar refractivity (Wildman–Crippen MR) is 130 cm³/mol. The summed E-state index contributed by atoms with van der Waals surface area (Å²) >= 11 is 12.5. The molecule has 0 aliphatic carbocycles. The molecule has 0 saturated carbocycles. The van der Waals surface area contributed by atoms with Gasteiger partial charge in [0.1, 0.15) is 6.04 Å². The lowest BCUT2D eigenvalue weighted by atomic mass is 10.0. The first-order chi connectivity index (χ1) is 15.4. The van der Waals surface area contributed by atoms with Crippen molar-refractivity contribution in [3.63, 3.8) is 0 Å². The van der Waals surface area contributed by atoms with Gasteiger partial charge in [0.15, 0.2) is 11.5 Å². The number of hydrogen-bond donors (Lipinski definition) is 1. The zero-order valence-electron chi connectivity index (χ0n) is 18.6. The number of piperidine rings is 1. The van der Waals surface area contributed by atoms with Crippen LogP contribution in [0.2, 0.25) is 10.0 Å². The van der Waals surface area contributed by atoms with Crippen molar-refractivity contribution in [2.75, 3.05) is 25.6 Å². The molecule has 1 fully saturated rings. The van der Waals surface area contributed by atoms with Crippen LogP contribution >= 0.6 is 23.2 Å². The van der Waals surface area contributed by atoms with E-state index in [-0.39, 0.29) is 11.9 Å². The molecular formula is C24H29Cl2N3O3. The number of anilines is 1. The van der Waals surface area contributed by atoms with Crippen molar-refractivity contribution in [3.8, 4) is 11.5 Å². The Morgan fingerprint density at radius 3 is 2.66 bits per heavy atom. The summed E-state index contributed by atoms with van der Waals surface area (Å²) in [6.07, 6.45) is 4.27. The lowest BCUT2D eigenvalue weighted by Gasteiger charge is -2.32. The van der Waals surface area contributed by atoms with Crippen LogP contribution in [0.3, 0.4) is 0 Å². The minimum Gasteiger partial charge on any atom is -0.493 e. The summed E-state index contributed by atoms with van der Waals surface area (Å²) in [5.41, 5.74) is 1.29. The molecule has 2 aromatic rings. The number of nitrogens with one attached hydrogen (secondary N) is 1. The molecule has 0 spiro atoms. The molecule has 1 amide bonds. The fourth-order valence-corrected chi connectivity index (χ4v) is 3.93. The number of hydrogen-bond acceptors (Lipinski definition) is 5. The normalized spacial score (nSPS) is 16.4. The van der Waals surface area contributed by atoms with Crippen LogP contribution in [0.1, 0.15) is 38.7 Å². The van der Waals surface area contributed by atoms with E-state index in [0.717, 1.165) is 12.8 Å². The number of carbonyl (C=O) groups excluding carboxylic acids is 1. The third kappa shape index (κ3) is 6.30. The van der Waals surface area contributed by atoms with Crippen LogP contribution < -0.4 is 14.8 Å². The Morgan fingerprint density at radius 1 is 1.22 bits per heavy atom. The number of benzene rings is 2. The van der Waals surface area contributed by atoms with E-state index in [0.29, 0.717) is 58.3 Å². The first-order valence-corrected chi connectivity index (χ1v) is 11.5. The third-order valence-electron chi connectivity index (χ3n) is 5.12. The Balaban J connectivity index is 1.74. The minimum atomic E-state index is -0.386. The van der Waals surface area contributed by atoms with E-state index in [1.807, 2.05) is 0 Å². The molecule has 6 nitrogen and oxygen atoms in total. The molecule has 2 aromatic carbocycles. The molecule has 1 aliphatic heterocycles. The van der Waals surface area contributed by atoms with E-state index < -0.39 is 0 Å². The van der Waals surface area contributed by atoms with E-state index in [2.05, 4.69) is 24.3 Å². The maximum Gasteiger partial charge on any atom is 0.248 e. The average molecular weight is 478 g/mol. The molecule has 32 heavy (non-hydrogen) atoms. The Hall–Kier alpha value is -2.44. The van der Waals surface area contributed by atoms with Crippen LogP contribution in [0, 0.1) is 5.92 Å². The van der Waals surface area contributed by atoms with Crippen molar-refractivity contribution in [1.29, 1.82) is 0 Å². The van der Waals surface area contributed by atoms with Crippen LogP contribution in [0.4, 0.5) is 5.69 Å². The van der Waals surface area contributed by atoms with Gasteiger partial charge in [-0.25, -0.2) is 0 Å². The zero-order chi connectivity index (χ0) is 23.1. The first-order valence-electron chi connectivity index (χ1n) is 10.8. The molecule has 8 heteroatoms. The number of nitrogens with zero attached hydrogens (tertiary/aromatic N) is 2. The van der Waals surface area contributed by atoms with Crippen molar-refractivity contribution >= 4 is 41.0 Å². The van der Waals surface area contributed by atoms with Gasteiger partial charge in [0.25, 0.3) is 0 Å².